The largest absolute Gasteiger partial charge is 0.416 e. The number of halogens is 6. The smallest absolute Gasteiger partial charge is 0.366 e. The van der Waals surface area contributed by atoms with Gasteiger partial charge in [0, 0.05) is 13.1 Å². The van der Waals surface area contributed by atoms with Gasteiger partial charge in [0.15, 0.2) is 6.04 Å². The van der Waals surface area contributed by atoms with Crippen molar-refractivity contribution in [3.63, 3.8) is 0 Å². The van der Waals surface area contributed by atoms with E-state index in [1.807, 2.05) is 24.3 Å². The van der Waals surface area contributed by atoms with Crippen molar-refractivity contribution in [1.29, 1.82) is 0 Å². The second-order valence-corrected chi connectivity index (χ2v) is 9.78. The van der Waals surface area contributed by atoms with Crippen molar-refractivity contribution in [3.8, 4) is 0 Å². The summed E-state index contributed by atoms with van der Waals surface area (Å²) in [7, 11) is 0. The Morgan fingerprint density at radius 2 is 1.59 bits per heavy atom. The molecule has 198 valence electrons. The molecular weight excluding hydrogens is 498 g/mol. The number of nitrogens with two attached hydrogens (primary N) is 1. The van der Waals surface area contributed by atoms with Crippen molar-refractivity contribution in [2.75, 3.05) is 13.1 Å². The minimum atomic E-state index is -4.79. The van der Waals surface area contributed by atoms with Gasteiger partial charge in [-0.1, -0.05) is 36.4 Å². The standard InChI is InChI=1S/C26H26F6N4O/c1-15(17-4-6-18(7-5-17)19-8-9-19)36-22(26(30,31)32)21(23(33)37)24-34(12-13-35(24)36)14-16-2-10-20(11-3-16)25(27,28)29/h2-7,10-11,15,19,22H,8-9,12-14H2,1H3,(H2,33,37). The molecular formula is C26H26F6N4O. The summed E-state index contributed by atoms with van der Waals surface area (Å²) in [5, 5.41) is 2.61. The molecule has 1 aliphatic carbocycles. The number of amides is 1. The molecule has 1 saturated carbocycles. The lowest BCUT2D eigenvalue weighted by Crippen LogP contribution is -2.51. The summed E-state index contributed by atoms with van der Waals surface area (Å²) in [5.41, 5.74) is 6.45. The molecule has 3 aliphatic rings. The number of hydrogen-bond donors (Lipinski definition) is 1. The fourth-order valence-electron chi connectivity index (χ4n) is 5.30. The first-order chi connectivity index (χ1) is 17.4. The molecule has 5 nitrogen and oxygen atoms in total. The van der Waals surface area contributed by atoms with E-state index in [1.54, 1.807) is 11.8 Å². The monoisotopic (exact) mass is 524 g/mol. The molecule has 5 rings (SSSR count). The highest BCUT2D eigenvalue weighted by atomic mass is 19.4. The summed E-state index contributed by atoms with van der Waals surface area (Å²) in [6.45, 7) is 2.14. The normalized spacial score (nSPS) is 21.5. The molecule has 1 amide bonds. The molecule has 2 N–H and O–H groups in total. The summed E-state index contributed by atoms with van der Waals surface area (Å²) >= 11 is 0. The number of fused-ring (bicyclic) bond motifs is 1. The molecule has 0 spiro atoms. The molecule has 2 aromatic carbocycles. The number of carbonyl (C=O) groups is 1. The average Bonchev–Trinajstić information content (AvgIpc) is 3.51. The van der Waals surface area contributed by atoms with E-state index in [0.29, 0.717) is 17.0 Å². The van der Waals surface area contributed by atoms with Gasteiger partial charge in [-0.3, -0.25) is 9.80 Å². The van der Waals surface area contributed by atoms with E-state index in [4.69, 9.17) is 5.73 Å². The van der Waals surface area contributed by atoms with Gasteiger partial charge < -0.3 is 10.6 Å². The van der Waals surface area contributed by atoms with E-state index in [1.165, 1.54) is 17.1 Å². The first kappa shape index (κ1) is 25.4. The van der Waals surface area contributed by atoms with Crippen LogP contribution in [-0.2, 0) is 17.5 Å². The molecule has 2 aromatic rings. The molecule has 1 saturated heterocycles. The van der Waals surface area contributed by atoms with Gasteiger partial charge in [-0.2, -0.15) is 31.4 Å². The van der Waals surface area contributed by atoms with Crippen LogP contribution in [0.25, 0.3) is 0 Å². The third kappa shape index (κ3) is 4.76. The van der Waals surface area contributed by atoms with E-state index >= 15 is 0 Å². The number of carbonyl (C=O) groups excluding carboxylic acids is 1. The van der Waals surface area contributed by atoms with Crippen LogP contribution in [0.15, 0.2) is 59.9 Å². The molecule has 11 heteroatoms. The van der Waals surface area contributed by atoms with Crippen LogP contribution in [-0.4, -0.2) is 46.1 Å². The zero-order valence-corrected chi connectivity index (χ0v) is 20.0. The van der Waals surface area contributed by atoms with E-state index in [-0.39, 0.29) is 25.5 Å². The molecule has 0 aromatic heterocycles. The number of hydrazine groups is 1. The first-order valence-electron chi connectivity index (χ1n) is 12.0. The molecule has 0 radical (unpaired) electrons. The first-order valence-corrected chi connectivity index (χ1v) is 12.0. The highest BCUT2D eigenvalue weighted by Crippen LogP contribution is 2.47. The molecule has 0 bridgehead atoms. The van der Waals surface area contributed by atoms with Gasteiger partial charge in [-0.05, 0) is 54.5 Å². The lowest BCUT2D eigenvalue weighted by atomic mass is 10.0. The fourth-order valence-corrected chi connectivity index (χ4v) is 5.30. The van der Waals surface area contributed by atoms with E-state index in [0.717, 1.165) is 35.5 Å². The predicted octanol–water partition coefficient (Wildman–Crippen LogP) is 5.32. The van der Waals surface area contributed by atoms with Gasteiger partial charge in [0.25, 0.3) is 0 Å². The summed E-state index contributed by atoms with van der Waals surface area (Å²) in [4.78, 5) is 14.0. The van der Waals surface area contributed by atoms with Gasteiger partial charge >= 0.3 is 12.4 Å². The van der Waals surface area contributed by atoms with E-state index in [2.05, 4.69) is 0 Å². The summed E-state index contributed by atoms with van der Waals surface area (Å²) in [6.07, 6.45) is -7.07. The number of benzene rings is 2. The third-order valence-electron chi connectivity index (χ3n) is 7.28. The van der Waals surface area contributed by atoms with Crippen molar-refractivity contribution in [2.45, 2.75) is 56.7 Å². The number of nitrogens with zero attached hydrogens (tertiary/aromatic N) is 3. The topological polar surface area (TPSA) is 52.8 Å². The van der Waals surface area contributed by atoms with Crippen LogP contribution >= 0.6 is 0 Å². The second kappa shape index (κ2) is 8.97. The second-order valence-electron chi connectivity index (χ2n) is 9.78. The zero-order valence-electron chi connectivity index (χ0n) is 20.0. The van der Waals surface area contributed by atoms with Crippen molar-refractivity contribution < 1.29 is 31.1 Å². The third-order valence-corrected chi connectivity index (χ3v) is 7.28. The van der Waals surface area contributed by atoms with Crippen LogP contribution in [0.2, 0.25) is 0 Å². The Balaban J connectivity index is 1.47. The highest BCUT2D eigenvalue weighted by molar-refractivity contribution is 5.94. The van der Waals surface area contributed by atoms with Crippen LogP contribution < -0.4 is 5.73 Å². The minimum Gasteiger partial charge on any atom is -0.366 e. The van der Waals surface area contributed by atoms with Crippen LogP contribution in [0.3, 0.4) is 0 Å². The lowest BCUT2D eigenvalue weighted by molar-refractivity contribution is -0.204. The van der Waals surface area contributed by atoms with Crippen molar-refractivity contribution >= 4 is 5.91 Å². The fraction of sp³-hybridized carbons (Fsp3) is 0.423. The van der Waals surface area contributed by atoms with Gasteiger partial charge in [0.2, 0.25) is 5.91 Å². The maximum Gasteiger partial charge on any atom is 0.416 e. The quantitative estimate of drug-likeness (QED) is 0.520. The minimum absolute atomic E-state index is 0.0314. The van der Waals surface area contributed by atoms with Crippen molar-refractivity contribution in [2.24, 2.45) is 5.73 Å². The molecule has 2 atom stereocenters. The van der Waals surface area contributed by atoms with Crippen LogP contribution in [0, 0.1) is 0 Å². The van der Waals surface area contributed by atoms with Crippen molar-refractivity contribution in [1.82, 2.24) is 14.9 Å². The maximum atomic E-state index is 14.5. The Hall–Kier alpha value is -3.21. The molecule has 37 heavy (non-hydrogen) atoms. The van der Waals surface area contributed by atoms with Gasteiger partial charge in [-0.25, -0.2) is 0 Å². The molecule has 2 unspecified atom stereocenters. The number of hydrogen-bond acceptors (Lipinski definition) is 4. The Morgan fingerprint density at radius 3 is 2.11 bits per heavy atom. The Kier molecular flexibility index (Phi) is 6.17. The highest BCUT2D eigenvalue weighted by Gasteiger charge is 2.59. The van der Waals surface area contributed by atoms with Gasteiger partial charge in [0.05, 0.1) is 23.7 Å². The number of alkyl halides is 6. The van der Waals surface area contributed by atoms with Crippen LogP contribution in [0.5, 0.6) is 0 Å². The molecule has 2 aliphatic heterocycles. The lowest BCUT2D eigenvalue weighted by Gasteiger charge is -2.38. The Labute approximate surface area is 210 Å². The van der Waals surface area contributed by atoms with E-state index in [9.17, 15) is 31.1 Å². The van der Waals surface area contributed by atoms with Crippen LogP contribution in [0.1, 0.15) is 54.0 Å². The number of primary amides is 1. The average molecular weight is 525 g/mol. The number of rotatable bonds is 6. The zero-order chi connectivity index (χ0) is 26.7. The maximum absolute atomic E-state index is 14.5. The summed E-state index contributed by atoms with van der Waals surface area (Å²) in [6, 6.07) is 8.98. The molecule has 2 heterocycles. The summed E-state index contributed by atoms with van der Waals surface area (Å²) < 4.78 is 82.2. The van der Waals surface area contributed by atoms with Crippen molar-refractivity contribution in [3.05, 3.63) is 82.2 Å². The van der Waals surface area contributed by atoms with Crippen LogP contribution in [0.4, 0.5) is 26.3 Å². The predicted molar refractivity (Wildman–Crippen MR) is 123 cm³/mol. The SMILES string of the molecule is CC(c1ccc(C2CC2)cc1)N1C(C(F)(F)F)C(C(N)=O)=C2N(Cc3ccc(C(F)(F)F)cc3)CCN21. The summed E-state index contributed by atoms with van der Waals surface area (Å²) in [5.74, 6) is -0.622. The Morgan fingerprint density at radius 1 is 0.973 bits per heavy atom. The van der Waals surface area contributed by atoms with Gasteiger partial charge in [0.1, 0.15) is 5.82 Å². The van der Waals surface area contributed by atoms with Gasteiger partial charge in [-0.15, -0.1) is 0 Å². The Bertz CT molecular complexity index is 1200. The van der Waals surface area contributed by atoms with E-state index < -0.39 is 41.5 Å². The molecule has 2 fully saturated rings.